The molecule has 140 valence electrons. The van der Waals surface area contributed by atoms with Gasteiger partial charge in [0, 0.05) is 47.5 Å². The van der Waals surface area contributed by atoms with Crippen molar-refractivity contribution in [2.24, 2.45) is 0 Å². The van der Waals surface area contributed by atoms with Gasteiger partial charge in [0.2, 0.25) is 0 Å². The Morgan fingerprint density at radius 1 is 1.19 bits per heavy atom. The largest absolute Gasteiger partial charge is 0.508 e. The van der Waals surface area contributed by atoms with Gasteiger partial charge in [-0.05, 0) is 48.9 Å². The normalized spacial score (nSPS) is 15.2. The number of fused-ring (bicyclic) bond motifs is 1. The molecule has 27 heavy (non-hydrogen) atoms. The number of morpholine rings is 1. The van der Waals surface area contributed by atoms with Gasteiger partial charge in [-0.15, -0.1) is 0 Å². The van der Waals surface area contributed by atoms with Crippen LogP contribution in [0.4, 0.5) is 11.4 Å². The summed E-state index contributed by atoms with van der Waals surface area (Å²) in [7, 11) is 0. The molecular formula is C21H22ClN3O2. The zero-order valence-corrected chi connectivity index (χ0v) is 16.0. The van der Waals surface area contributed by atoms with Crippen LogP contribution >= 0.6 is 11.6 Å². The molecule has 2 aromatic carbocycles. The average Bonchev–Trinajstić information content (AvgIpc) is 2.67. The molecule has 5 nitrogen and oxygen atoms in total. The minimum Gasteiger partial charge on any atom is -0.508 e. The summed E-state index contributed by atoms with van der Waals surface area (Å²) in [5.41, 5.74) is 4.73. The standard InChI is InChI=1S/C21H22ClN3O2/c1-14-12-23-19-11-16(22)2-4-18(19)21(14)24-17-3-5-20(26)15(10-17)13-25-6-8-27-9-7-25/h2-5,10-12,26H,6-9,13H2,1H3,(H,23,24). The van der Waals surface area contributed by atoms with Crippen LogP contribution in [0.3, 0.4) is 0 Å². The number of aryl methyl sites for hydroxylation is 1. The molecular weight excluding hydrogens is 362 g/mol. The number of nitrogens with one attached hydrogen (secondary N) is 1. The molecule has 2 N–H and O–H groups in total. The molecule has 1 fully saturated rings. The second-order valence-corrected chi connectivity index (χ2v) is 7.27. The lowest BCUT2D eigenvalue weighted by Crippen LogP contribution is -2.35. The average molecular weight is 384 g/mol. The Kier molecular flexibility index (Phi) is 5.16. The van der Waals surface area contributed by atoms with Gasteiger partial charge in [-0.3, -0.25) is 9.88 Å². The van der Waals surface area contributed by atoms with Crippen molar-refractivity contribution >= 4 is 33.9 Å². The van der Waals surface area contributed by atoms with Crippen molar-refractivity contribution in [1.29, 1.82) is 0 Å². The molecule has 1 aliphatic rings. The minimum absolute atomic E-state index is 0.315. The monoisotopic (exact) mass is 383 g/mol. The summed E-state index contributed by atoms with van der Waals surface area (Å²) in [6.45, 7) is 5.97. The lowest BCUT2D eigenvalue weighted by Gasteiger charge is -2.27. The van der Waals surface area contributed by atoms with E-state index in [1.807, 2.05) is 43.5 Å². The van der Waals surface area contributed by atoms with Gasteiger partial charge < -0.3 is 15.2 Å². The van der Waals surface area contributed by atoms with Gasteiger partial charge in [0.05, 0.1) is 24.4 Å². The molecule has 0 unspecified atom stereocenters. The number of aromatic hydroxyl groups is 1. The van der Waals surface area contributed by atoms with E-state index in [2.05, 4.69) is 15.2 Å². The number of anilines is 2. The van der Waals surface area contributed by atoms with E-state index in [-0.39, 0.29) is 0 Å². The predicted octanol–water partition coefficient (Wildman–Crippen LogP) is 4.48. The zero-order valence-electron chi connectivity index (χ0n) is 15.2. The maximum absolute atomic E-state index is 10.3. The summed E-state index contributed by atoms with van der Waals surface area (Å²) in [6.07, 6.45) is 1.84. The van der Waals surface area contributed by atoms with Crippen molar-refractivity contribution in [3.63, 3.8) is 0 Å². The van der Waals surface area contributed by atoms with Crippen molar-refractivity contribution in [3.05, 3.63) is 58.7 Å². The Bertz CT molecular complexity index is 971. The number of phenols is 1. The van der Waals surface area contributed by atoms with Gasteiger partial charge in [0.25, 0.3) is 0 Å². The first-order valence-electron chi connectivity index (χ1n) is 9.04. The van der Waals surface area contributed by atoms with Gasteiger partial charge in [-0.1, -0.05) is 11.6 Å². The second-order valence-electron chi connectivity index (χ2n) is 6.83. The quantitative estimate of drug-likeness (QED) is 0.650. The maximum atomic E-state index is 10.3. The molecule has 0 spiro atoms. The number of rotatable bonds is 4. The zero-order chi connectivity index (χ0) is 18.8. The van der Waals surface area contributed by atoms with Gasteiger partial charge in [0.1, 0.15) is 5.75 Å². The van der Waals surface area contributed by atoms with Crippen LogP contribution < -0.4 is 5.32 Å². The first kappa shape index (κ1) is 18.0. The van der Waals surface area contributed by atoms with E-state index in [1.54, 1.807) is 6.07 Å². The Morgan fingerprint density at radius 3 is 2.81 bits per heavy atom. The highest BCUT2D eigenvalue weighted by Gasteiger charge is 2.14. The molecule has 0 aliphatic carbocycles. The molecule has 6 heteroatoms. The predicted molar refractivity (Wildman–Crippen MR) is 109 cm³/mol. The number of pyridine rings is 1. The molecule has 4 rings (SSSR count). The van der Waals surface area contributed by atoms with Crippen LogP contribution in [-0.2, 0) is 11.3 Å². The van der Waals surface area contributed by atoms with Crippen molar-refractivity contribution in [1.82, 2.24) is 9.88 Å². The highest BCUT2D eigenvalue weighted by atomic mass is 35.5. The molecule has 0 bridgehead atoms. The summed E-state index contributed by atoms with van der Waals surface area (Å²) in [5, 5.41) is 15.5. The summed E-state index contributed by atoms with van der Waals surface area (Å²) < 4.78 is 5.40. The maximum Gasteiger partial charge on any atom is 0.120 e. The third-order valence-corrected chi connectivity index (χ3v) is 5.10. The molecule has 0 atom stereocenters. The van der Waals surface area contributed by atoms with Crippen LogP contribution in [0.15, 0.2) is 42.6 Å². The van der Waals surface area contributed by atoms with Crippen LogP contribution in [0.25, 0.3) is 10.9 Å². The molecule has 0 amide bonds. The summed E-state index contributed by atoms with van der Waals surface area (Å²) in [6, 6.07) is 11.4. The molecule has 0 radical (unpaired) electrons. The number of hydrogen-bond acceptors (Lipinski definition) is 5. The minimum atomic E-state index is 0.315. The van der Waals surface area contributed by atoms with E-state index in [0.717, 1.165) is 59.7 Å². The van der Waals surface area contributed by atoms with E-state index in [4.69, 9.17) is 16.3 Å². The van der Waals surface area contributed by atoms with Crippen LogP contribution in [0.2, 0.25) is 5.02 Å². The number of aromatic nitrogens is 1. The Balaban J connectivity index is 1.64. The van der Waals surface area contributed by atoms with Gasteiger partial charge in [0.15, 0.2) is 0 Å². The summed E-state index contributed by atoms with van der Waals surface area (Å²) in [5.74, 6) is 0.315. The molecule has 0 saturated carbocycles. The fourth-order valence-electron chi connectivity index (χ4n) is 3.37. The number of benzene rings is 2. The van der Waals surface area contributed by atoms with E-state index in [0.29, 0.717) is 17.3 Å². The van der Waals surface area contributed by atoms with Gasteiger partial charge in [-0.2, -0.15) is 0 Å². The number of phenolic OH excluding ortho intramolecular Hbond substituents is 1. The van der Waals surface area contributed by atoms with E-state index in [1.165, 1.54) is 0 Å². The third kappa shape index (κ3) is 4.00. The third-order valence-electron chi connectivity index (χ3n) is 4.87. The summed E-state index contributed by atoms with van der Waals surface area (Å²) >= 11 is 6.10. The molecule has 1 aromatic heterocycles. The number of nitrogens with zero attached hydrogens (tertiary/aromatic N) is 2. The lowest BCUT2D eigenvalue weighted by atomic mass is 10.1. The SMILES string of the molecule is Cc1cnc2cc(Cl)ccc2c1Nc1ccc(O)c(CN2CCOCC2)c1. The van der Waals surface area contributed by atoms with Gasteiger partial charge in [-0.25, -0.2) is 0 Å². The fourth-order valence-corrected chi connectivity index (χ4v) is 3.53. The second kappa shape index (κ2) is 7.72. The van der Waals surface area contributed by atoms with Gasteiger partial charge >= 0.3 is 0 Å². The van der Waals surface area contributed by atoms with Crippen LogP contribution in [-0.4, -0.2) is 41.3 Å². The van der Waals surface area contributed by atoms with E-state index < -0.39 is 0 Å². The number of hydrogen-bond donors (Lipinski definition) is 2. The smallest absolute Gasteiger partial charge is 0.120 e. The van der Waals surface area contributed by atoms with Crippen molar-refractivity contribution in [3.8, 4) is 5.75 Å². The Morgan fingerprint density at radius 2 is 2.00 bits per heavy atom. The van der Waals surface area contributed by atoms with Crippen LogP contribution in [0.1, 0.15) is 11.1 Å². The van der Waals surface area contributed by atoms with Crippen molar-refractivity contribution < 1.29 is 9.84 Å². The molecule has 2 heterocycles. The lowest BCUT2D eigenvalue weighted by molar-refractivity contribution is 0.0339. The first-order chi connectivity index (χ1) is 13.1. The van der Waals surface area contributed by atoms with Crippen LogP contribution in [0, 0.1) is 6.92 Å². The Labute approximate surface area is 163 Å². The molecule has 1 saturated heterocycles. The summed E-state index contributed by atoms with van der Waals surface area (Å²) in [4.78, 5) is 6.76. The molecule has 3 aromatic rings. The van der Waals surface area contributed by atoms with Crippen LogP contribution in [0.5, 0.6) is 5.75 Å². The fraction of sp³-hybridized carbons (Fsp3) is 0.286. The Hall–Kier alpha value is -2.34. The topological polar surface area (TPSA) is 57.6 Å². The van der Waals surface area contributed by atoms with Crippen molar-refractivity contribution in [2.75, 3.05) is 31.6 Å². The van der Waals surface area contributed by atoms with E-state index >= 15 is 0 Å². The highest BCUT2D eigenvalue weighted by molar-refractivity contribution is 6.31. The molecule has 1 aliphatic heterocycles. The highest BCUT2D eigenvalue weighted by Crippen LogP contribution is 2.32. The number of ether oxygens (including phenoxy) is 1. The van der Waals surface area contributed by atoms with E-state index in [9.17, 15) is 5.11 Å². The number of halogens is 1. The first-order valence-corrected chi connectivity index (χ1v) is 9.42. The van der Waals surface area contributed by atoms with Crippen molar-refractivity contribution in [2.45, 2.75) is 13.5 Å².